The summed E-state index contributed by atoms with van der Waals surface area (Å²) in [6.07, 6.45) is 0. The second-order valence-corrected chi connectivity index (χ2v) is 9.89. The molecular weight excluding hydrogens is 465 g/mol. The van der Waals surface area contributed by atoms with Gasteiger partial charge in [-0.1, -0.05) is 57.9 Å². The molecule has 3 rings (SSSR count). The van der Waals surface area contributed by atoms with Gasteiger partial charge in [-0.05, 0) is 61.6 Å². The molecule has 1 unspecified atom stereocenters. The van der Waals surface area contributed by atoms with Crippen LogP contribution in [-0.4, -0.2) is 20.9 Å². The molecule has 2 aromatic carbocycles. The predicted octanol–water partition coefficient (Wildman–Crippen LogP) is 6.74. The number of carbonyl (C=O) groups is 1. The molecule has 3 aromatic rings. The first-order valence-corrected chi connectivity index (χ1v) is 10.9. The Bertz CT molecular complexity index is 1030. The van der Waals surface area contributed by atoms with E-state index in [2.05, 4.69) is 10.4 Å². The number of aromatic nitrogens is 2. The molecule has 1 aromatic heterocycles. The van der Waals surface area contributed by atoms with Crippen LogP contribution in [0.3, 0.4) is 0 Å². The Balaban J connectivity index is 1.71. The molecule has 1 atom stereocenters. The number of thioether (sulfide) groups is 1. The second kappa shape index (κ2) is 8.94. The maximum absolute atomic E-state index is 12.5. The molecule has 0 saturated heterocycles. The lowest BCUT2D eigenvalue weighted by Gasteiger charge is -2.11. The van der Waals surface area contributed by atoms with Gasteiger partial charge in [0.25, 0.3) is 0 Å². The van der Waals surface area contributed by atoms with E-state index in [-0.39, 0.29) is 5.91 Å². The number of amides is 1. The van der Waals surface area contributed by atoms with E-state index >= 15 is 0 Å². The standard InChI is InChI=1S/C17H12Cl3N3OS3/c1-9(15(24)21-14-7-4-11(19)8-13(14)20)26-16-22-23(17(25)27-16)12-5-2-10(18)3-6-12/h2-9H,1H3,(H,21,24). The van der Waals surface area contributed by atoms with Crippen LogP contribution in [-0.2, 0) is 4.79 Å². The van der Waals surface area contributed by atoms with Crippen molar-refractivity contribution in [3.05, 3.63) is 61.5 Å². The number of benzene rings is 2. The quantitative estimate of drug-likeness (QED) is 0.327. The van der Waals surface area contributed by atoms with Crippen LogP contribution >= 0.6 is 70.1 Å². The van der Waals surface area contributed by atoms with Gasteiger partial charge in [0.1, 0.15) is 0 Å². The molecule has 1 N–H and O–H groups in total. The minimum atomic E-state index is -0.393. The summed E-state index contributed by atoms with van der Waals surface area (Å²) in [7, 11) is 0. The van der Waals surface area contributed by atoms with Crippen LogP contribution in [0.5, 0.6) is 0 Å². The van der Waals surface area contributed by atoms with E-state index in [9.17, 15) is 4.79 Å². The highest BCUT2D eigenvalue weighted by Gasteiger charge is 2.18. The number of nitrogens with zero attached hydrogens (tertiary/aromatic N) is 2. The highest BCUT2D eigenvalue weighted by molar-refractivity contribution is 8.02. The summed E-state index contributed by atoms with van der Waals surface area (Å²) < 4.78 is 2.94. The number of nitrogens with one attached hydrogen (secondary N) is 1. The largest absolute Gasteiger partial charge is 0.324 e. The number of hydrogen-bond acceptors (Lipinski definition) is 5. The topological polar surface area (TPSA) is 46.9 Å². The summed E-state index contributed by atoms with van der Waals surface area (Å²) in [5.74, 6) is -0.191. The Labute approximate surface area is 184 Å². The molecule has 1 heterocycles. The van der Waals surface area contributed by atoms with Gasteiger partial charge in [-0.2, -0.15) is 0 Å². The predicted molar refractivity (Wildman–Crippen MR) is 118 cm³/mol. The lowest BCUT2D eigenvalue weighted by molar-refractivity contribution is -0.115. The molecule has 1 amide bonds. The molecule has 140 valence electrons. The molecule has 0 spiro atoms. The molecule has 0 aliphatic carbocycles. The lowest BCUT2D eigenvalue weighted by atomic mass is 10.3. The first-order chi connectivity index (χ1) is 12.8. The zero-order valence-electron chi connectivity index (χ0n) is 13.8. The van der Waals surface area contributed by atoms with Crippen LogP contribution < -0.4 is 5.32 Å². The Morgan fingerprint density at radius 2 is 1.85 bits per heavy atom. The number of carbonyl (C=O) groups excluding carboxylic acids is 1. The van der Waals surface area contributed by atoms with E-state index < -0.39 is 5.25 Å². The average molecular weight is 477 g/mol. The van der Waals surface area contributed by atoms with Crippen molar-refractivity contribution in [3.8, 4) is 5.69 Å². The highest BCUT2D eigenvalue weighted by atomic mass is 35.5. The zero-order chi connectivity index (χ0) is 19.6. The van der Waals surface area contributed by atoms with E-state index in [1.54, 1.807) is 41.9 Å². The van der Waals surface area contributed by atoms with Gasteiger partial charge in [0, 0.05) is 10.0 Å². The molecule has 0 radical (unpaired) electrons. The molecule has 0 aliphatic heterocycles. The average Bonchev–Trinajstić information content (AvgIpc) is 2.98. The third kappa shape index (κ3) is 5.25. The van der Waals surface area contributed by atoms with Crippen molar-refractivity contribution < 1.29 is 4.79 Å². The number of rotatable bonds is 5. The lowest BCUT2D eigenvalue weighted by Crippen LogP contribution is -2.22. The monoisotopic (exact) mass is 475 g/mol. The summed E-state index contributed by atoms with van der Waals surface area (Å²) >= 11 is 25.9. The summed E-state index contributed by atoms with van der Waals surface area (Å²) in [5.41, 5.74) is 1.33. The summed E-state index contributed by atoms with van der Waals surface area (Å²) in [5, 5.41) is 8.43. The molecular formula is C17H12Cl3N3OS3. The van der Waals surface area contributed by atoms with Gasteiger partial charge >= 0.3 is 0 Å². The van der Waals surface area contributed by atoms with E-state index in [1.165, 1.54) is 23.1 Å². The van der Waals surface area contributed by atoms with Crippen molar-refractivity contribution in [2.75, 3.05) is 5.32 Å². The van der Waals surface area contributed by atoms with Crippen molar-refractivity contribution in [2.45, 2.75) is 16.5 Å². The molecule has 10 heteroatoms. The summed E-state index contributed by atoms with van der Waals surface area (Å²) in [4.78, 5) is 12.5. The van der Waals surface area contributed by atoms with Gasteiger partial charge in [0.2, 0.25) is 5.91 Å². The van der Waals surface area contributed by atoms with Gasteiger partial charge < -0.3 is 5.32 Å². The van der Waals surface area contributed by atoms with Crippen molar-refractivity contribution >= 4 is 81.7 Å². The normalized spacial score (nSPS) is 12.0. The number of halogens is 3. The van der Waals surface area contributed by atoms with Gasteiger partial charge in [-0.3, -0.25) is 4.79 Å². The Hall–Kier alpha value is -1.09. The highest BCUT2D eigenvalue weighted by Crippen LogP contribution is 2.30. The van der Waals surface area contributed by atoms with Crippen LogP contribution in [0.15, 0.2) is 46.8 Å². The maximum Gasteiger partial charge on any atom is 0.237 e. The molecule has 27 heavy (non-hydrogen) atoms. The minimum Gasteiger partial charge on any atom is -0.324 e. The minimum absolute atomic E-state index is 0.191. The maximum atomic E-state index is 12.5. The first-order valence-electron chi connectivity index (χ1n) is 7.62. The van der Waals surface area contributed by atoms with E-state index in [0.29, 0.717) is 29.0 Å². The van der Waals surface area contributed by atoms with E-state index in [0.717, 1.165) is 5.69 Å². The smallest absolute Gasteiger partial charge is 0.237 e. The van der Waals surface area contributed by atoms with Crippen molar-refractivity contribution in [2.24, 2.45) is 0 Å². The third-order valence-corrected chi connectivity index (χ3v) is 6.65. The van der Waals surface area contributed by atoms with E-state index in [4.69, 9.17) is 47.0 Å². The SMILES string of the molecule is CC(Sc1nn(-c2ccc(Cl)cc2)c(=S)s1)C(=O)Nc1ccc(Cl)cc1Cl. The summed E-state index contributed by atoms with van der Waals surface area (Å²) in [6, 6.07) is 12.1. The Kier molecular flexibility index (Phi) is 6.83. The van der Waals surface area contributed by atoms with Gasteiger partial charge in [0.05, 0.1) is 21.6 Å². The van der Waals surface area contributed by atoms with Crippen molar-refractivity contribution in [1.29, 1.82) is 0 Å². The van der Waals surface area contributed by atoms with Gasteiger partial charge in [-0.15, -0.1) is 5.10 Å². The third-order valence-electron chi connectivity index (χ3n) is 3.44. The van der Waals surface area contributed by atoms with Crippen LogP contribution in [0, 0.1) is 3.95 Å². The van der Waals surface area contributed by atoms with Gasteiger partial charge in [0.15, 0.2) is 8.29 Å². The number of anilines is 1. The van der Waals surface area contributed by atoms with Gasteiger partial charge in [-0.25, -0.2) is 4.68 Å². The molecule has 0 fully saturated rings. The fourth-order valence-electron chi connectivity index (χ4n) is 2.08. The Morgan fingerprint density at radius 1 is 1.19 bits per heavy atom. The molecule has 0 saturated carbocycles. The number of hydrogen-bond donors (Lipinski definition) is 1. The van der Waals surface area contributed by atoms with Crippen LogP contribution in [0.1, 0.15) is 6.92 Å². The van der Waals surface area contributed by atoms with Crippen molar-refractivity contribution in [1.82, 2.24) is 9.78 Å². The van der Waals surface area contributed by atoms with Crippen molar-refractivity contribution in [3.63, 3.8) is 0 Å². The second-order valence-electron chi connectivity index (χ2n) is 5.40. The first kappa shape index (κ1) is 20.6. The fraction of sp³-hybridized carbons (Fsp3) is 0.118. The van der Waals surface area contributed by atoms with Crippen LogP contribution in [0.2, 0.25) is 15.1 Å². The molecule has 0 bridgehead atoms. The van der Waals surface area contributed by atoms with Crippen LogP contribution in [0.4, 0.5) is 5.69 Å². The fourth-order valence-corrected chi connectivity index (χ4v) is 5.17. The zero-order valence-corrected chi connectivity index (χ0v) is 18.5. The molecule has 4 nitrogen and oxygen atoms in total. The summed E-state index contributed by atoms with van der Waals surface area (Å²) in [6.45, 7) is 1.79. The van der Waals surface area contributed by atoms with Crippen LogP contribution in [0.25, 0.3) is 5.69 Å². The Morgan fingerprint density at radius 3 is 2.52 bits per heavy atom. The molecule has 0 aliphatic rings. The van der Waals surface area contributed by atoms with E-state index in [1.807, 2.05) is 12.1 Å².